The highest BCUT2D eigenvalue weighted by atomic mass is 16.5. The van der Waals surface area contributed by atoms with Crippen LogP contribution in [-0.2, 0) is 22.2 Å². The van der Waals surface area contributed by atoms with Crippen LogP contribution >= 0.6 is 0 Å². The second-order valence-electron chi connectivity index (χ2n) is 16.0. The highest BCUT2D eigenvalue weighted by Crippen LogP contribution is 2.66. The number of hydrogen-bond acceptors (Lipinski definition) is 6. The van der Waals surface area contributed by atoms with E-state index in [0.29, 0.717) is 0 Å². The number of anilines is 1. The molecule has 1 saturated heterocycles. The van der Waals surface area contributed by atoms with Crippen LogP contribution in [0.2, 0.25) is 0 Å². The van der Waals surface area contributed by atoms with Gasteiger partial charge in [0, 0.05) is 40.7 Å². The van der Waals surface area contributed by atoms with Crippen LogP contribution in [-0.4, -0.2) is 51.7 Å². The SMILES string of the molecule is COc1ccc2c3c(c4c(c2c1)OC(c1ccc(OCCO)cc1)(c1ccc(N2CCOCC2)cc1)CC4)C1(CC2CCCCC2C1)c1ccccc1-3. The Balaban J connectivity index is 1.18. The summed E-state index contributed by atoms with van der Waals surface area (Å²) in [6.45, 7) is 3.55. The number of aliphatic hydroxyl groups is 1. The van der Waals surface area contributed by atoms with Gasteiger partial charge in [0.05, 0.1) is 26.9 Å². The molecule has 53 heavy (non-hydrogen) atoms. The van der Waals surface area contributed by atoms with E-state index in [2.05, 4.69) is 83.8 Å². The van der Waals surface area contributed by atoms with Gasteiger partial charge in [0.15, 0.2) is 5.60 Å². The molecule has 3 aliphatic carbocycles. The van der Waals surface area contributed by atoms with E-state index in [4.69, 9.17) is 18.9 Å². The van der Waals surface area contributed by atoms with E-state index < -0.39 is 5.60 Å². The van der Waals surface area contributed by atoms with Crippen molar-refractivity contribution < 1.29 is 24.1 Å². The Labute approximate surface area is 312 Å². The topological polar surface area (TPSA) is 60.4 Å². The van der Waals surface area contributed by atoms with Crippen molar-refractivity contribution in [2.75, 3.05) is 51.5 Å². The van der Waals surface area contributed by atoms with Crippen molar-refractivity contribution in [3.05, 3.63) is 119 Å². The molecule has 0 amide bonds. The normalized spacial score (nSPS) is 25.7. The first-order chi connectivity index (χ1) is 26.1. The summed E-state index contributed by atoms with van der Waals surface area (Å²) in [6, 6.07) is 33.4. The molecule has 5 aliphatic rings. The molecule has 10 rings (SSSR count). The van der Waals surface area contributed by atoms with Crippen LogP contribution < -0.4 is 19.1 Å². The molecule has 3 atom stereocenters. The summed E-state index contributed by atoms with van der Waals surface area (Å²) in [5.41, 5.74) is 10.0. The Bertz CT molecular complexity index is 2140. The maximum absolute atomic E-state index is 9.41. The average molecular weight is 708 g/mol. The molecule has 2 aliphatic heterocycles. The minimum absolute atomic E-state index is 0.0126. The molecule has 0 radical (unpaired) electrons. The van der Waals surface area contributed by atoms with Crippen molar-refractivity contribution in [3.63, 3.8) is 0 Å². The lowest BCUT2D eigenvalue weighted by Crippen LogP contribution is -2.39. The Kier molecular flexibility index (Phi) is 8.18. The first kappa shape index (κ1) is 33.1. The van der Waals surface area contributed by atoms with E-state index in [-0.39, 0.29) is 18.6 Å². The van der Waals surface area contributed by atoms with Crippen molar-refractivity contribution in [2.24, 2.45) is 11.8 Å². The number of hydrogen-bond donors (Lipinski definition) is 1. The molecule has 0 aromatic heterocycles. The van der Waals surface area contributed by atoms with Gasteiger partial charge in [-0.25, -0.2) is 0 Å². The fraction of sp³-hybridized carbons (Fsp3) is 0.404. The molecule has 2 saturated carbocycles. The minimum atomic E-state index is -0.724. The number of nitrogens with zero attached hydrogens (tertiary/aromatic N) is 1. The lowest BCUT2D eigenvalue weighted by Gasteiger charge is -2.42. The zero-order valence-electron chi connectivity index (χ0n) is 30.7. The number of morpholine rings is 1. The molecule has 272 valence electrons. The molecule has 0 bridgehead atoms. The van der Waals surface area contributed by atoms with E-state index in [0.717, 1.165) is 84.7 Å². The van der Waals surface area contributed by atoms with Gasteiger partial charge in [-0.15, -0.1) is 0 Å². The number of benzene rings is 5. The van der Waals surface area contributed by atoms with Crippen LogP contribution in [0, 0.1) is 11.8 Å². The van der Waals surface area contributed by atoms with E-state index in [1.807, 2.05) is 12.1 Å². The zero-order chi connectivity index (χ0) is 35.6. The fourth-order valence-corrected chi connectivity index (χ4v) is 11.1. The lowest BCUT2D eigenvalue weighted by atomic mass is 9.70. The van der Waals surface area contributed by atoms with Crippen LogP contribution in [0.4, 0.5) is 5.69 Å². The van der Waals surface area contributed by atoms with Gasteiger partial charge < -0.3 is 29.0 Å². The molecule has 3 unspecified atom stereocenters. The third-order valence-corrected chi connectivity index (χ3v) is 13.4. The van der Waals surface area contributed by atoms with E-state index >= 15 is 0 Å². The Hall–Kier alpha value is -4.52. The number of rotatable bonds is 7. The number of methoxy groups -OCH3 is 1. The average Bonchev–Trinajstić information content (AvgIpc) is 3.75. The van der Waals surface area contributed by atoms with E-state index in [1.54, 1.807) is 12.7 Å². The predicted octanol–water partition coefficient (Wildman–Crippen LogP) is 9.19. The quantitative estimate of drug-likeness (QED) is 0.182. The maximum atomic E-state index is 9.41. The van der Waals surface area contributed by atoms with Crippen molar-refractivity contribution in [2.45, 2.75) is 62.4 Å². The second kappa shape index (κ2) is 13.1. The van der Waals surface area contributed by atoms with Gasteiger partial charge in [-0.3, -0.25) is 0 Å². The lowest BCUT2D eigenvalue weighted by molar-refractivity contribution is 0.0864. The molecule has 1 spiro atoms. The Morgan fingerprint density at radius 2 is 1.51 bits per heavy atom. The van der Waals surface area contributed by atoms with Crippen molar-refractivity contribution in [3.8, 4) is 28.4 Å². The molecular formula is C47H49NO5. The van der Waals surface area contributed by atoms with Gasteiger partial charge in [-0.1, -0.05) is 74.2 Å². The smallest absolute Gasteiger partial charge is 0.159 e. The summed E-state index contributed by atoms with van der Waals surface area (Å²) in [7, 11) is 1.76. The standard InChI is InChI=1S/C47H49NO5/c1-50-37-18-19-38-41(28-37)45-40(44-43(38)39-8-4-5-9-42(39)46(44)29-31-6-2-3-7-32(31)30-46)20-21-47(53-45,34-12-16-36(17-13-34)52-27-24-49)33-10-14-35(15-11-33)48-22-25-51-26-23-48/h4-5,8-19,28,31-32,49H,2-3,6-7,20-27,29-30H2,1H3. The van der Waals surface area contributed by atoms with Crippen LogP contribution in [0.25, 0.3) is 21.9 Å². The molecule has 1 N–H and O–H groups in total. The van der Waals surface area contributed by atoms with E-state index in [9.17, 15) is 5.11 Å². The maximum Gasteiger partial charge on any atom is 0.159 e. The molecule has 5 aromatic carbocycles. The van der Waals surface area contributed by atoms with Gasteiger partial charge in [0.25, 0.3) is 0 Å². The molecule has 3 fully saturated rings. The van der Waals surface area contributed by atoms with Gasteiger partial charge in [0.2, 0.25) is 0 Å². The summed E-state index contributed by atoms with van der Waals surface area (Å²) in [5, 5.41) is 11.8. The fourth-order valence-electron chi connectivity index (χ4n) is 11.1. The molecule has 6 heteroatoms. The second-order valence-corrected chi connectivity index (χ2v) is 16.0. The predicted molar refractivity (Wildman–Crippen MR) is 210 cm³/mol. The Morgan fingerprint density at radius 3 is 2.23 bits per heavy atom. The van der Waals surface area contributed by atoms with E-state index in [1.165, 1.54) is 71.9 Å². The zero-order valence-corrected chi connectivity index (χ0v) is 30.7. The van der Waals surface area contributed by atoms with Gasteiger partial charge in [-0.05, 0) is 113 Å². The minimum Gasteiger partial charge on any atom is -0.497 e. The van der Waals surface area contributed by atoms with Gasteiger partial charge in [-0.2, -0.15) is 0 Å². The summed E-state index contributed by atoms with van der Waals surface area (Å²) < 4.78 is 25.1. The molecular weight excluding hydrogens is 659 g/mol. The Morgan fingerprint density at radius 1 is 0.811 bits per heavy atom. The molecule has 5 aromatic rings. The first-order valence-electron chi connectivity index (χ1n) is 19.9. The van der Waals surface area contributed by atoms with Crippen LogP contribution in [0.15, 0.2) is 91.0 Å². The number of ether oxygens (including phenoxy) is 4. The van der Waals surface area contributed by atoms with Crippen LogP contribution in [0.5, 0.6) is 17.2 Å². The van der Waals surface area contributed by atoms with Gasteiger partial charge in [0.1, 0.15) is 23.9 Å². The third kappa shape index (κ3) is 5.20. The summed E-state index contributed by atoms with van der Waals surface area (Å²) in [5.74, 6) is 4.15. The van der Waals surface area contributed by atoms with Crippen molar-refractivity contribution in [1.29, 1.82) is 0 Å². The van der Waals surface area contributed by atoms with Crippen molar-refractivity contribution in [1.82, 2.24) is 0 Å². The largest absolute Gasteiger partial charge is 0.497 e. The summed E-state index contributed by atoms with van der Waals surface area (Å²) >= 11 is 0. The third-order valence-electron chi connectivity index (χ3n) is 13.4. The van der Waals surface area contributed by atoms with Crippen molar-refractivity contribution >= 4 is 16.5 Å². The van der Waals surface area contributed by atoms with Crippen LogP contribution in [0.3, 0.4) is 0 Å². The monoisotopic (exact) mass is 707 g/mol. The molecule has 6 nitrogen and oxygen atoms in total. The number of aliphatic hydroxyl groups excluding tert-OH is 1. The first-order valence-corrected chi connectivity index (χ1v) is 19.9. The highest BCUT2D eigenvalue weighted by Gasteiger charge is 2.55. The van der Waals surface area contributed by atoms with Crippen LogP contribution in [0.1, 0.15) is 72.8 Å². The summed E-state index contributed by atoms with van der Waals surface area (Å²) in [4.78, 5) is 2.41. The molecule has 2 heterocycles. The highest BCUT2D eigenvalue weighted by molar-refractivity contribution is 6.07. The summed E-state index contributed by atoms with van der Waals surface area (Å²) in [6.07, 6.45) is 9.63. The number of fused-ring (bicyclic) bond motifs is 11. The van der Waals surface area contributed by atoms with Gasteiger partial charge >= 0.3 is 0 Å².